The molecular weight excluding hydrogens is 385 g/mol. The van der Waals surface area contributed by atoms with Crippen LogP contribution in [0.1, 0.15) is 49.2 Å². The molecule has 6 nitrogen and oxygen atoms in total. The summed E-state index contributed by atoms with van der Waals surface area (Å²) in [7, 11) is 1.53. The summed E-state index contributed by atoms with van der Waals surface area (Å²) in [4.78, 5) is 8.27. The van der Waals surface area contributed by atoms with Gasteiger partial charge in [0.15, 0.2) is 5.96 Å². The maximum atomic E-state index is 13.5. The Hall–Kier alpha value is -2.71. The number of ether oxygens (including phenoxy) is 1. The summed E-state index contributed by atoms with van der Waals surface area (Å²) in [5, 5.41) is 5.86. The highest BCUT2D eigenvalue weighted by Crippen LogP contribution is 2.35. The lowest BCUT2D eigenvalue weighted by Gasteiger charge is -2.23. The zero-order valence-corrected chi connectivity index (χ0v) is 17.5. The minimum atomic E-state index is -4.50. The van der Waals surface area contributed by atoms with Gasteiger partial charge in [0.1, 0.15) is 17.1 Å². The van der Waals surface area contributed by atoms with Crippen LogP contribution in [0.2, 0.25) is 0 Å². The highest BCUT2D eigenvalue weighted by atomic mass is 19.4. The topological polar surface area (TPSA) is 71.7 Å². The third-order valence-corrected chi connectivity index (χ3v) is 3.96. The minimum Gasteiger partial charge on any atom is -0.488 e. The van der Waals surface area contributed by atoms with Gasteiger partial charge in [-0.05, 0) is 52.3 Å². The molecule has 0 fully saturated rings. The number of hydrogen-bond acceptors (Lipinski definition) is 4. The van der Waals surface area contributed by atoms with Crippen LogP contribution in [0.25, 0.3) is 0 Å². The molecule has 0 aliphatic rings. The first-order chi connectivity index (χ1) is 13.4. The van der Waals surface area contributed by atoms with Crippen molar-refractivity contribution < 1.29 is 22.3 Å². The molecule has 1 aromatic heterocycles. The first kappa shape index (κ1) is 22.6. The van der Waals surface area contributed by atoms with E-state index in [0.29, 0.717) is 11.9 Å². The normalized spacial score (nSPS) is 12.8. The van der Waals surface area contributed by atoms with Crippen LogP contribution in [0.15, 0.2) is 27.6 Å². The van der Waals surface area contributed by atoms with Gasteiger partial charge >= 0.3 is 6.18 Å². The summed E-state index contributed by atoms with van der Waals surface area (Å²) < 4.78 is 51.6. The van der Waals surface area contributed by atoms with Crippen molar-refractivity contribution >= 4 is 5.96 Å². The molecule has 9 heteroatoms. The number of aromatic nitrogens is 1. The van der Waals surface area contributed by atoms with Crippen LogP contribution in [0.3, 0.4) is 0 Å². The number of aryl methyl sites for hydroxylation is 2. The fourth-order valence-electron chi connectivity index (χ4n) is 2.56. The van der Waals surface area contributed by atoms with E-state index in [2.05, 4.69) is 20.6 Å². The molecule has 0 radical (unpaired) electrons. The predicted molar refractivity (Wildman–Crippen MR) is 105 cm³/mol. The molecule has 0 atom stereocenters. The summed E-state index contributed by atoms with van der Waals surface area (Å²) >= 11 is 0. The lowest BCUT2D eigenvalue weighted by Crippen LogP contribution is -2.36. The summed E-state index contributed by atoms with van der Waals surface area (Å²) in [5.41, 5.74) is -0.464. The standard InChI is InChI=1S/C20H27F3N4O2/c1-12-13(2)28-17(27-12)11-26-18(24-6)25-10-14-7-8-15(29-19(3,4)5)9-16(14)20(21,22)23/h7-9H,10-11H2,1-6H3,(H2,24,25,26). The zero-order valence-electron chi connectivity index (χ0n) is 17.5. The van der Waals surface area contributed by atoms with Crippen LogP contribution in [0.4, 0.5) is 13.2 Å². The van der Waals surface area contributed by atoms with Crippen molar-refractivity contribution in [1.29, 1.82) is 0 Å². The molecule has 2 rings (SSSR count). The molecule has 2 aromatic rings. The molecule has 0 spiro atoms. The van der Waals surface area contributed by atoms with Crippen LogP contribution < -0.4 is 15.4 Å². The Labute approximate surface area is 168 Å². The van der Waals surface area contributed by atoms with Crippen molar-refractivity contribution in [3.05, 3.63) is 46.7 Å². The monoisotopic (exact) mass is 412 g/mol. The highest BCUT2D eigenvalue weighted by Gasteiger charge is 2.34. The second-order valence-corrected chi connectivity index (χ2v) is 7.56. The Morgan fingerprint density at radius 3 is 2.31 bits per heavy atom. The maximum Gasteiger partial charge on any atom is 0.416 e. The number of benzene rings is 1. The van der Waals surface area contributed by atoms with Crippen LogP contribution >= 0.6 is 0 Å². The molecule has 1 heterocycles. The van der Waals surface area contributed by atoms with Gasteiger partial charge in [-0.15, -0.1) is 0 Å². The van der Waals surface area contributed by atoms with E-state index < -0.39 is 17.3 Å². The number of aliphatic imine (C=N–C) groups is 1. The van der Waals surface area contributed by atoms with Crippen molar-refractivity contribution in [2.45, 2.75) is 59.5 Å². The SMILES string of the molecule is CN=C(NCc1nc(C)c(C)o1)NCc1ccc(OC(C)(C)C)cc1C(F)(F)F. The molecule has 1 aromatic carbocycles. The smallest absolute Gasteiger partial charge is 0.416 e. The van der Waals surface area contributed by atoms with Gasteiger partial charge in [0, 0.05) is 13.6 Å². The second-order valence-electron chi connectivity index (χ2n) is 7.56. The summed E-state index contributed by atoms with van der Waals surface area (Å²) in [5.74, 6) is 1.70. The number of rotatable bonds is 5. The van der Waals surface area contributed by atoms with Crippen molar-refractivity contribution in [3.63, 3.8) is 0 Å². The van der Waals surface area contributed by atoms with E-state index >= 15 is 0 Å². The molecule has 0 amide bonds. The van der Waals surface area contributed by atoms with E-state index in [0.717, 1.165) is 17.5 Å². The van der Waals surface area contributed by atoms with Gasteiger partial charge < -0.3 is 19.8 Å². The lowest BCUT2D eigenvalue weighted by molar-refractivity contribution is -0.138. The van der Waals surface area contributed by atoms with Gasteiger partial charge in [0.25, 0.3) is 0 Å². The fourth-order valence-corrected chi connectivity index (χ4v) is 2.56. The van der Waals surface area contributed by atoms with Crippen molar-refractivity contribution in [2.75, 3.05) is 7.05 Å². The van der Waals surface area contributed by atoms with E-state index in [1.54, 1.807) is 20.8 Å². The zero-order chi connectivity index (χ0) is 21.8. The van der Waals surface area contributed by atoms with E-state index in [1.807, 2.05) is 13.8 Å². The number of alkyl halides is 3. The van der Waals surface area contributed by atoms with E-state index in [-0.39, 0.29) is 24.4 Å². The average molecular weight is 412 g/mol. The van der Waals surface area contributed by atoms with Crippen LogP contribution in [-0.2, 0) is 19.3 Å². The number of nitrogens with one attached hydrogen (secondary N) is 2. The summed E-state index contributed by atoms with van der Waals surface area (Å²) in [6.07, 6.45) is -4.50. The molecule has 29 heavy (non-hydrogen) atoms. The number of hydrogen-bond donors (Lipinski definition) is 2. The van der Waals surface area contributed by atoms with E-state index in [4.69, 9.17) is 9.15 Å². The Morgan fingerprint density at radius 2 is 1.79 bits per heavy atom. The van der Waals surface area contributed by atoms with Gasteiger partial charge in [-0.25, -0.2) is 4.98 Å². The fraction of sp³-hybridized carbons (Fsp3) is 0.500. The Kier molecular flexibility index (Phi) is 6.81. The second kappa shape index (κ2) is 8.75. The first-order valence-electron chi connectivity index (χ1n) is 9.15. The van der Waals surface area contributed by atoms with Crippen LogP contribution in [0.5, 0.6) is 5.75 Å². The van der Waals surface area contributed by atoms with Gasteiger partial charge in [0.05, 0.1) is 17.8 Å². The number of oxazole rings is 1. The van der Waals surface area contributed by atoms with E-state index in [1.165, 1.54) is 19.2 Å². The molecule has 2 N–H and O–H groups in total. The van der Waals surface area contributed by atoms with E-state index in [9.17, 15) is 13.2 Å². The third kappa shape index (κ3) is 6.69. The number of nitrogens with zero attached hydrogens (tertiary/aromatic N) is 2. The third-order valence-electron chi connectivity index (χ3n) is 3.96. The maximum absolute atomic E-state index is 13.5. The number of halogens is 3. The van der Waals surface area contributed by atoms with Crippen molar-refractivity contribution in [2.24, 2.45) is 4.99 Å². The van der Waals surface area contributed by atoms with Gasteiger partial charge in [-0.3, -0.25) is 4.99 Å². The van der Waals surface area contributed by atoms with Crippen LogP contribution in [0, 0.1) is 13.8 Å². The molecule has 0 aliphatic carbocycles. The molecular formula is C20H27F3N4O2. The van der Waals surface area contributed by atoms with Crippen LogP contribution in [-0.4, -0.2) is 23.6 Å². The van der Waals surface area contributed by atoms with Gasteiger partial charge in [-0.2, -0.15) is 13.2 Å². The first-order valence-corrected chi connectivity index (χ1v) is 9.15. The largest absolute Gasteiger partial charge is 0.488 e. The molecule has 0 saturated heterocycles. The van der Waals surface area contributed by atoms with Crippen molar-refractivity contribution in [3.8, 4) is 5.75 Å². The Bertz CT molecular complexity index is 848. The molecule has 0 bridgehead atoms. The molecule has 0 saturated carbocycles. The Balaban J connectivity index is 2.09. The average Bonchev–Trinajstić information content (AvgIpc) is 2.91. The van der Waals surface area contributed by atoms with Crippen molar-refractivity contribution in [1.82, 2.24) is 15.6 Å². The molecule has 160 valence electrons. The number of guanidine groups is 1. The summed E-state index contributed by atoms with van der Waals surface area (Å²) in [6.45, 7) is 9.19. The Morgan fingerprint density at radius 1 is 1.14 bits per heavy atom. The van der Waals surface area contributed by atoms with Gasteiger partial charge in [0.2, 0.25) is 5.89 Å². The highest BCUT2D eigenvalue weighted by molar-refractivity contribution is 5.79. The minimum absolute atomic E-state index is 0.0616. The molecule has 0 aliphatic heterocycles. The quantitative estimate of drug-likeness (QED) is 0.564. The van der Waals surface area contributed by atoms with Gasteiger partial charge in [-0.1, -0.05) is 6.07 Å². The summed E-state index contributed by atoms with van der Waals surface area (Å²) in [6, 6.07) is 3.97. The molecule has 0 unspecified atom stereocenters. The lowest BCUT2D eigenvalue weighted by atomic mass is 10.1. The predicted octanol–water partition coefficient (Wildman–Crippen LogP) is 4.35.